The zero-order valence-electron chi connectivity index (χ0n) is 28.2. The first kappa shape index (κ1) is 37.4. The molecule has 3 aliphatic rings. The molecule has 5 nitrogen and oxygen atoms in total. The van der Waals surface area contributed by atoms with Gasteiger partial charge in [0.1, 0.15) is 5.82 Å². The van der Waals surface area contributed by atoms with Crippen LogP contribution < -0.4 is 5.32 Å². The van der Waals surface area contributed by atoms with E-state index in [1.807, 2.05) is 46.0 Å². The molecule has 0 spiro atoms. The number of nitrogens with zero attached hydrogens (tertiary/aromatic N) is 3. The van der Waals surface area contributed by atoms with Crippen LogP contribution in [0.4, 0.5) is 4.39 Å². The predicted molar refractivity (Wildman–Crippen MR) is 181 cm³/mol. The Morgan fingerprint density at radius 3 is 2.31 bits per heavy atom. The summed E-state index contributed by atoms with van der Waals surface area (Å²) < 4.78 is 13.8. The number of likely N-dealkylation sites (tertiary alicyclic amines) is 1. The number of nitrogens with one attached hydrogen (secondary N) is 1. The number of aliphatic hydroxyl groups is 1. The average Bonchev–Trinajstić information content (AvgIpc) is 2.99. The van der Waals surface area contributed by atoms with Gasteiger partial charge in [-0.3, -0.25) is 0 Å². The van der Waals surface area contributed by atoms with Crippen molar-refractivity contribution < 1.29 is 9.50 Å². The molecule has 1 atom stereocenters. The van der Waals surface area contributed by atoms with E-state index in [1.165, 1.54) is 45.0 Å². The number of halogens is 1. The largest absolute Gasteiger partial charge is 0.390 e. The first-order chi connectivity index (χ1) is 20.2. The Hall–Kier alpha value is -2.67. The van der Waals surface area contributed by atoms with Crippen molar-refractivity contribution in [2.75, 3.05) is 53.9 Å². The van der Waals surface area contributed by atoms with Crippen molar-refractivity contribution in [3.63, 3.8) is 0 Å². The van der Waals surface area contributed by atoms with E-state index in [0.29, 0.717) is 5.56 Å². The molecule has 0 bridgehead atoms. The normalized spacial score (nSPS) is 19.3. The van der Waals surface area contributed by atoms with Crippen molar-refractivity contribution in [3.05, 3.63) is 88.6 Å². The van der Waals surface area contributed by atoms with Crippen LogP contribution in [0, 0.1) is 18.7 Å². The summed E-state index contributed by atoms with van der Waals surface area (Å²) in [5.41, 5.74) is 5.76. The van der Waals surface area contributed by atoms with Gasteiger partial charge in [0, 0.05) is 37.1 Å². The zero-order chi connectivity index (χ0) is 31.7. The van der Waals surface area contributed by atoms with Crippen LogP contribution in [0.5, 0.6) is 0 Å². The van der Waals surface area contributed by atoms with Gasteiger partial charge in [0.25, 0.3) is 0 Å². The third kappa shape index (κ3) is 11.2. The number of hydrogen-bond acceptors (Lipinski definition) is 5. The maximum Gasteiger partial charge on any atom is 0.126 e. The van der Waals surface area contributed by atoms with Gasteiger partial charge in [-0.25, -0.2) is 4.39 Å². The van der Waals surface area contributed by atoms with Crippen LogP contribution in [0.15, 0.2) is 71.6 Å². The molecule has 0 radical (unpaired) electrons. The van der Waals surface area contributed by atoms with Crippen molar-refractivity contribution >= 4 is 5.70 Å². The molecule has 0 amide bonds. The second-order valence-electron chi connectivity index (χ2n) is 11.1. The summed E-state index contributed by atoms with van der Waals surface area (Å²) >= 11 is 0. The van der Waals surface area contributed by atoms with Gasteiger partial charge in [0.05, 0.1) is 12.3 Å². The molecule has 1 saturated heterocycles. The van der Waals surface area contributed by atoms with Gasteiger partial charge < -0.3 is 25.1 Å². The lowest BCUT2D eigenvalue weighted by atomic mass is 9.93. The van der Waals surface area contributed by atoms with E-state index >= 15 is 0 Å². The van der Waals surface area contributed by atoms with Gasteiger partial charge in [-0.2, -0.15) is 0 Å². The fourth-order valence-electron chi connectivity index (χ4n) is 5.13. The SMILES string of the molecule is C/C=C(/CO)N1C=C(C2=C(c3ccc(F)c(C)c3)N(C)CC=C2)C=CC1C.CC.CCC.CNCC1CCN(C)CC1. The number of likely N-dealkylation sites (N-methyl/N-ethyl adjacent to an activating group) is 1. The lowest BCUT2D eigenvalue weighted by Gasteiger charge is -2.33. The van der Waals surface area contributed by atoms with Gasteiger partial charge in [-0.15, -0.1) is 0 Å². The summed E-state index contributed by atoms with van der Waals surface area (Å²) in [6.45, 7) is 18.7. The van der Waals surface area contributed by atoms with Crippen molar-refractivity contribution in [1.82, 2.24) is 20.0 Å². The number of rotatable bonds is 6. The van der Waals surface area contributed by atoms with E-state index in [0.717, 1.165) is 40.6 Å². The predicted octanol–water partition coefficient (Wildman–Crippen LogP) is 7.38. The quantitative estimate of drug-likeness (QED) is 0.366. The lowest BCUT2D eigenvalue weighted by Crippen LogP contribution is -2.34. The summed E-state index contributed by atoms with van der Waals surface area (Å²) in [6.07, 6.45) is 16.5. The van der Waals surface area contributed by atoms with Gasteiger partial charge in [0.15, 0.2) is 0 Å². The van der Waals surface area contributed by atoms with Crippen molar-refractivity contribution in [2.45, 2.75) is 73.8 Å². The van der Waals surface area contributed by atoms with E-state index in [4.69, 9.17) is 0 Å². The Labute approximate surface area is 257 Å². The molecule has 0 saturated carbocycles. The van der Waals surface area contributed by atoms with Gasteiger partial charge >= 0.3 is 0 Å². The number of hydrogen-bond donors (Lipinski definition) is 2. The molecule has 4 rings (SSSR count). The van der Waals surface area contributed by atoms with E-state index in [-0.39, 0.29) is 18.5 Å². The minimum absolute atomic E-state index is 0.00271. The summed E-state index contributed by atoms with van der Waals surface area (Å²) in [6, 6.07) is 5.45. The minimum atomic E-state index is -0.188. The number of aryl methyl sites for hydroxylation is 1. The highest BCUT2D eigenvalue weighted by molar-refractivity contribution is 5.77. The minimum Gasteiger partial charge on any atom is -0.390 e. The van der Waals surface area contributed by atoms with Crippen LogP contribution in [0.2, 0.25) is 0 Å². The molecule has 0 aliphatic carbocycles. The average molecular weight is 583 g/mol. The van der Waals surface area contributed by atoms with Crippen LogP contribution in [0.1, 0.15) is 71.9 Å². The number of aliphatic hydroxyl groups excluding tert-OH is 1. The molecular formula is C36H59FN4O. The number of benzene rings is 1. The maximum atomic E-state index is 13.8. The topological polar surface area (TPSA) is 42.0 Å². The van der Waals surface area contributed by atoms with E-state index < -0.39 is 0 Å². The van der Waals surface area contributed by atoms with Gasteiger partial charge in [0.2, 0.25) is 0 Å². The van der Waals surface area contributed by atoms with Crippen molar-refractivity contribution in [3.8, 4) is 0 Å². The molecule has 3 heterocycles. The summed E-state index contributed by atoms with van der Waals surface area (Å²) in [7, 11) is 6.30. The maximum absolute atomic E-state index is 13.8. The molecule has 6 heteroatoms. The summed E-state index contributed by atoms with van der Waals surface area (Å²) in [5.74, 6) is 0.744. The Bertz CT molecular complexity index is 1080. The molecule has 2 N–H and O–H groups in total. The van der Waals surface area contributed by atoms with Crippen LogP contribution in [0.3, 0.4) is 0 Å². The van der Waals surface area contributed by atoms with Crippen LogP contribution in [0.25, 0.3) is 5.70 Å². The second-order valence-corrected chi connectivity index (χ2v) is 11.1. The highest BCUT2D eigenvalue weighted by Gasteiger charge is 2.22. The van der Waals surface area contributed by atoms with Gasteiger partial charge in [-0.1, -0.05) is 64.5 Å². The highest BCUT2D eigenvalue weighted by atomic mass is 19.1. The van der Waals surface area contributed by atoms with Gasteiger partial charge in [-0.05, 0) is 108 Å². The first-order valence-corrected chi connectivity index (χ1v) is 15.9. The van der Waals surface area contributed by atoms with Crippen LogP contribution >= 0.6 is 0 Å². The molecule has 1 aromatic carbocycles. The van der Waals surface area contributed by atoms with Crippen molar-refractivity contribution in [1.29, 1.82) is 0 Å². The monoisotopic (exact) mass is 582 g/mol. The fourth-order valence-corrected chi connectivity index (χ4v) is 5.13. The Kier molecular flexibility index (Phi) is 18.0. The molecule has 1 aromatic rings. The second kappa shape index (κ2) is 20.3. The molecule has 42 heavy (non-hydrogen) atoms. The summed E-state index contributed by atoms with van der Waals surface area (Å²) in [5, 5.41) is 12.9. The van der Waals surface area contributed by atoms with Crippen LogP contribution in [-0.2, 0) is 0 Å². The molecule has 236 valence electrons. The third-order valence-electron chi connectivity index (χ3n) is 7.47. The Morgan fingerprint density at radius 2 is 1.76 bits per heavy atom. The van der Waals surface area contributed by atoms with E-state index in [2.05, 4.69) is 85.4 Å². The highest BCUT2D eigenvalue weighted by Crippen LogP contribution is 2.34. The Balaban J connectivity index is 0.000000488. The molecule has 1 fully saturated rings. The molecule has 1 unspecified atom stereocenters. The van der Waals surface area contributed by atoms with E-state index in [1.54, 1.807) is 6.92 Å². The smallest absolute Gasteiger partial charge is 0.126 e. The molecule has 0 aromatic heterocycles. The molecule has 3 aliphatic heterocycles. The lowest BCUT2D eigenvalue weighted by molar-refractivity contribution is 0.218. The third-order valence-corrected chi connectivity index (χ3v) is 7.47. The first-order valence-electron chi connectivity index (χ1n) is 15.9. The van der Waals surface area contributed by atoms with Crippen molar-refractivity contribution in [2.24, 2.45) is 5.92 Å². The standard InChI is InChI=1S/C23H27FN2O.C8H18N2.C3H8.C2H6/c1-5-20(15-27)26-14-19(9-8-17(26)3)21-7-6-12-25(4)23(21)18-10-11-22(24)16(2)13-18;1-9-7-8-3-5-10(2)6-4-8;1-3-2;1-2/h5-11,13-14,17,27H,12,15H2,1-4H3;8-9H,3-7H2,1-2H3;3H2,1-2H3;1-2H3/b20-5-;;;. The van der Waals surface area contributed by atoms with Crippen LogP contribution in [-0.4, -0.2) is 79.8 Å². The number of allylic oxidation sites excluding steroid dienone is 5. The van der Waals surface area contributed by atoms with E-state index in [9.17, 15) is 9.50 Å². The Morgan fingerprint density at radius 1 is 1.12 bits per heavy atom. The number of piperidine rings is 1. The fraction of sp³-hybridized carbons (Fsp3) is 0.556. The zero-order valence-corrected chi connectivity index (χ0v) is 28.2. The summed E-state index contributed by atoms with van der Waals surface area (Å²) in [4.78, 5) is 6.69. The molecular weight excluding hydrogens is 523 g/mol.